The summed E-state index contributed by atoms with van der Waals surface area (Å²) in [6.07, 6.45) is 4.03. The predicted molar refractivity (Wildman–Crippen MR) is 131 cm³/mol. The number of carboxylic acids is 2. The number of benzene rings is 2. The Morgan fingerprint density at radius 3 is 1.77 bits per heavy atom. The molecule has 2 fully saturated rings. The van der Waals surface area contributed by atoms with Gasteiger partial charge in [-0.2, -0.15) is 0 Å². The van der Waals surface area contributed by atoms with E-state index in [1.54, 1.807) is 0 Å². The van der Waals surface area contributed by atoms with Gasteiger partial charge in [0.05, 0.1) is 11.8 Å². The number of fused-ring (bicyclic) bond motifs is 3. The Morgan fingerprint density at radius 2 is 1.29 bits per heavy atom. The quantitative estimate of drug-likeness (QED) is 0.482. The number of carbonyl (C=O) groups excluding carboxylic acids is 1. The number of ether oxygens (including phenoxy) is 1. The Balaban J connectivity index is 0.000000271. The number of carboxylic acid groups (broad SMARTS) is 2. The second kappa shape index (κ2) is 11.0. The zero-order valence-electron chi connectivity index (χ0n) is 19.8. The van der Waals surface area contributed by atoms with Crippen molar-refractivity contribution in [3.63, 3.8) is 0 Å². The number of nitrogens with two attached hydrogens (primary N) is 1. The first-order valence-corrected chi connectivity index (χ1v) is 12.4. The molecular weight excluding hydrogens is 446 g/mol. The molecule has 0 atom stereocenters. The molecule has 5 rings (SSSR count). The summed E-state index contributed by atoms with van der Waals surface area (Å²) >= 11 is 0. The Hall–Kier alpha value is -3.19. The second-order valence-electron chi connectivity index (χ2n) is 9.93. The van der Waals surface area contributed by atoms with Crippen LogP contribution in [0.2, 0.25) is 0 Å². The highest BCUT2D eigenvalue weighted by Crippen LogP contribution is 2.44. The highest BCUT2D eigenvalue weighted by Gasteiger charge is 2.35. The predicted octanol–water partition coefficient (Wildman–Crippen LogP) is 4.29. The Bertz CT molecular complexity index is 1030. The summed E-state index contributed by atoms with van der Waals surface area (Å²) in [5.41, 5.74) is 10.2. The lowest BCUT2D eigenvalue weighted by Gasteiger charge is -2.31. The van der Waals surface area contributed by atoms with Crippen molar-refractivity contribution in [1.29, 1.82) is 0 Å². The molecule has 7 nitrogen and oxygen atoms in total. The summed E-state index contributed by atoms with van der Waals surface area (Å²) in [4.78, 5) is 33.2. The van der Waals surface area contributed by atoms with Crippen molar-refractivity contribution < 1.29 is 29.3 Å². The number of carbonyl (C=O) groups is 3. The zero-order valence-corrected chi connectivity index (χ0v) is 19.8. The number of hydrogen-bond donors (Lipinski definition) is 3. The lowest BCUT2D eigenvalue weighted by atomic mass is 9.73. The van der Waals surface area contributed by atoms with E-state index >= 15 is 0 Å². The first kappa shape index (κ1) is 24.9. The number of aliphatic carboxylic acids is 2. The van der Waals surface area contributed by atoms with E-state index in [4.69, 9.17) is 20.7 Å². The van der Waals surface area contributed by atoms with Crippen LogP contribution in [0.5, 0.6) is 0 Å². The summed E-state index contributed by atoms with van der Waals surface area (Å²) in [5.74, 6) is -0.983. The van der Waals surface area contributed by atoms with E-state index in [2.05, 4.69) is 24.3 Å². The van der Waals surface area contributed by atoms with Gasteiger partial charge in [-0.25, -0.2) is 0 Å². The van der Waals surface area contributed by atoms with Crippen LogP contribution in [0.15, 0.2) is 48.5 Å². The van der Waals surface area contributed by atoms with Crippen molar-refractivity contribution in [2.24, 2.45) is 29.4 Å². The van der Waals surface area contributed by atoms with Crippen LogP contribution in [0.25, 0.3) is 11.1 Å². The minimum absolute atomic E-state index is 0.0893. The van der Waals surface area contributed by atoms with Gasteiger partial charge in [0.25, 0.3) is 0 Å². The van der Waals surface area contributed by atoms with Crippen molar-refractivity contribution in [3.05, 3.63) is 59.7 Å². The molecule has 0 saturated heterocycles. The third-order valence-electron chi connectivity index (χ3n) is 7.63. The molecule has 0 bridgehead atoms. The SMILES string of the molecule is NCC1CC(C(=O)O)C1.O=C(CCC1CC(C(=O)O)C1)OCC1c2ccccc2-c2ccccc21. The Morgan fingerprint density at radius 1 is 0.800 bits per heavy atom. The molecule has 0 amide bonds. The smallest absolute Gasteiger partial charge is 0.306 e. The van der Waals surface area contributed by atoms with Crippen molar-refractivity contribution in [1.82, 2.24) is 0 Å². The molecule has 186 valence electrons. The lowest BCUT2D eigenvalue weighted by Crippen LogP contribution is -2.34. The summed E-state index contributed by atoms with van der Waals surface area (Å²) in [6, 6.07) is 16.6. The molecule has 3 aliphatic rings. The normalized spacial score (nSPS) is 24.0. The summed E-state index contributed by atoms with van der Waals surface area (Å²) in [7, 11) is 0. The van der Waals surface area contributed by atoms with Gasteiger partial charge in [-0.15, -0.1) is 0 Å². The fourth-order valence-electron chi connectivity index (χ4n) is 5.31. The van der Waals surface area contributed by atoms with Gasteiger partial charge in [0.1, 0.15) is 6.61 Å². The van der Waals surface area contributed by atoms with E-state index in [-0.39, 0.29) is 23.7 Å². The van der Waals surface area contributed by atoms with Crippen LogP contribution in [0.1, 0.15) is 55.6 Å². The molecule has 0 radical (unpaired) electrons. The number of rotatable bonds is 8. The molecule has 2 aromatic rings. The second-order valence-corrected chi connectivity index (χ2v) is 9.93. The largest absolute Gasteiger partial charge is 0.481 e. The highest BCUT2D eigenvalue weighted by molar-refractivity contribution is 5.79. The Kier molecular flexibility index (Phi) is 7.86. The van der Waals surface area contributed by atoms with Crippen molar-refractivity contribution >= 4 is 17.9 Å². The molecular formula is C28H33NO6. The van der Waals surface area contributed by atoms with Crippen LogP contribution < -0.4 is 5.73 Å². The molecule has 4 N–H and O–H groups in total. The van der Waals surface area contributed by atoms with Crippen molar-refractivity contribution in [2.75, 3.05) is 13.2 Å². The number of hydrogen-bond acceptors (Lipinski definition) is 5. The minimum atomic E-state index is -0.720. The van der Waals surface area contributed by atoms with Crippen molar-refractivity contribution in [3.8, 4) is 11.1 Å². The fraction of sp³-hybridized carbons (Fsp3) is 0.464. The van der Waals surface area contributed by atoms with Gasteiger partial charge >= 0.3 is 17.9 Å². The molecule has 0 spiro atoms. The van der Waals surface area contributed by atoms with Gasteiger partial charge in [0.15, 0.2) is 0 Å². The Labute approximate surface area is 205 Å². The van der Waals surface area contributed by atoms with Gasteiger partial charge in [-0.05, 0) is 72.7 Å². The minimum Gasteiger partial charge on any atom is -0.481 e. The summed E-state index contributed by atoms with van der Waals surface area (Å²) in [6.45, 7) is 0.999. The summed E-state index contributed by atoms with van der Waals surface area (Å²) in [5, 5.41) is 17.3. The third-order valence-corrected chi connectivity index (χ3v) is 7.63. The fourth-order valence-corrected chi connectivity index (χ4v) is 5.31. The maximum absolute atomic E-state index is 12.1. The molecule has 35 heavy (non-hydrogen) atoms. The van der Waals surface area contributed by atoms with Crippen LogP contribution in [-0.2, 0) is 19.1 Å². The molecule has 3 aliphatic carbocycles. The van der Waals surface area contributed by atoms with Gasteiger partial charge in [0, 0.05) is 12.3 Å². The van der Waals surface area contributed by atoms with Crippen LogP contribution in [-0.4, -0.2) is 41.3 Å². The molecule has 0 aromatic heterocycles. The lowest BCUT2D eigenvalue weighted by molar-refractivity contribution is -0.148. The van der Waals surface area contributed by atoms with Crippen LogP contribution in [0.3, 0.4) is 0 Å². The van der Waals surface area contributed by atoms with Gasteiger partial charge in [-0.1, -0.05) is 48.5 Å². The van der Waals surface area contributed by atoms with Crippen LogP contribution >= 0.6 is 0 Å². The maximum Gasteiger partial charge on any atom is 0.306 e. The van der Waals surface area contributed by atoms with E-state index in [9.17, 15) is 14.4 Å². The first-order valence-electron chi connectivity index (χ1n) is 12.4. The molecule has 2 saturated carbocycles. The standard InChI is InChI=1S/C22H22O4.C6H11NO2/c23-21(10-9-14-11-15(12-14)22(24)25)26-13-20-18-7-3-1-5-16(18)17-6-2-4-8-19(17)20;7-3-4-1-5(2-4)6(8)9/h1-8,14-15,20H,9-13H2,(H,24,25);4-5H,1-3,7H2,(H,8,9). The van der Waals surface area contributed by atoms with Crippen LogP contribution in [0, 0.1) is 23.7 Å². The molecule has 2 aromatic carbocycles. The van der Waals surface area contributed by atoms with E-state index < -0.39 is 11.9 Å². The average Bonchev–Trinajstić information content (AvgIpc) is 3.10. The molecule has 7 heteroatoms. The van der Waals surface area contributed by atoms with Gasteiger partial charge in [-0.3, -0.25) is 14.4 Å². The first-order chi connectivity index (χ1) is 16.9. The third kappa shape index (κ3) is 5.73. The number of esters is 1. The molecule has 0 aliphatic heterocycles. The average molecular weight is 480 g/mol. The van der Waals surface area contributed by atoms with Gasteiger partial charge < -0.3 is 20.7 Å². The summed E-state index contributed by atoms with van der Waals surface area (Å²) < 4.78 is 5.58. The van der Waals surface area contributed by atoms with Crippen molar-refractivity contribution in [2.45, 2.75) is 44.4 Å². The van der Waals surface area contributed by atoms with E-state index in [1.807, 2.05) is 24.3 Å². The van der Waals surface area contributed by atoms with Gasteiger partial charge in [0.2, 0.25) is 0 Å². The van der Waals surface area contributed by atoms with E-state index in [1.165, 1.54) is 22.3 Å². The topological polar surface area (TPSA) is 127 Å². The highest BCUT2D eigenvalue weighted by atomic mass is 16.5. The monoisotopic (exact) mass is 479 g/mol. The molecule has 0 heterocycles. The maximum atomic E-state index is 12.1. The zero-order chi connectivity index (χ0) is 24.9. The molecule has 0 unspecified atom stereocenters. The van der Waals surface area contributed by atoms with E-state index in [0.717, 1.165) is 19.3 Å². The van der Waals surface area contributed by atoms with E-state index in [0.29, 0.717) is 44.2 Å². The van der Waals surface area contributed by atoms with Crippen LogP contribution in [0.4, 0.5) is 0 Å².